The third-order valence-corrected chi connectivity index (χ3v) is 5.35. The van der Waals surface area contributed by atoms with Gasteiger partial charge in [-0.1, -0.05) is 26.0 Å². The number of nitrogens with zero attached hydrogens (tertiary/aromatic N) is 1. The van der Waals surface area contributed by atoms with Crippen LogP contribution in [0.4, 0.5) is 5.69 Å². The first-order valence-electron chi connectivity index (χ1n) is 7.14. The van der Waals surface area contributed by atoms with E-state index in [9.17, 15) is 10.1 Å². The van der Waals surface area contributed by atoms with E-state index in [2.05, 4.69) is 35.1 Å². The molecule has 0 aliphatic heterocycles. The molecule has 1 fully saturated rings. The molecule has 3 unspecified atom stereocenters. The summed E-state index contributed by atoms with van der Waals surface area (Å²) in [5, 5.41) is 14.5. The van der Waals surface area contributed by atoms with E-state index in [0.717, 1.165) is 17.4 Å². The van der Waals surface area contributed by atoms with Gasteiger partial charge in [-0.15, -0.1) is 0 Å². The van der Waals surface area contributed by atoms with Crippen molar-refractivity contribution in [1.29, 1.82) is 0 Å². The van der Waals surface area contributed by atoms with Crippen LogP contribution in [0.2, 0.25) is 0 Å². The Morgan fingerprint density at radius 2 is 2.10 bits per heavy atom. The zero-order chi connectivity index (χ0) is 14.7. The maximum Gasteiger partial charge on any atom is 0.283 e. The van der Waals surface area contributed by atoms with Crippen LogP contribution in [0.25, 0.3) is 0 Å². The summed E-state index contributed by atoms with van der Waals surface area (Å²) in [7, 11) is 0. The molecular weight excluding hydrogens is 320 g/mol. The molecule has 1 aliphatic rings. The van der Waals surface area contributed by atoms with E-state index in [1.807, 2.05) is 6.07 Å². The van der Waals surface area contributed by atoms with Crippen LogP contribution in [-0.2, 0) is 6.54 Å². The largest absolute Gasteiger partial charge is 0.310 e. The second kappa shape index (κ2) is 6.68. The first kappa shape index (κ1) is 15.4. The van der Waals surface area contributed by atoms with E-state index in [1.165, 1.54) is 25.3 Å². The molecule has 0 bridgehead atoms. The maximum absolute atomic E-state index is 10.9. The van der Waals surface area contributed by atoms with Crippen LogP contribution < -0.4 is 5.32 Å². The SMILES string of the molecule is CC1CCC(NCc2cccc([N+](=O)[O-])c2Br)CC1C. The predicted molar refractivity (Wildman–Crippen MR) is 83.6 cm³/mol. The van der Waals surface area contributed by atoms with Gasteiger partial charge >= 0.3 is 0 Å². The van der Waals surface area contributed by atoms with Crippen LogP contribution in [0, 0.1) is 22.0 Å². The molecule has 0 saturated heterocycles. The number of hydrogen-bond acceptors (Lipinski definition) is 3. The summed E-state index contributed by atoms with van der Waals surface area (Å²) in [4.78, 5) is 10.6. The molecular formula is C15H21BrN2O2. The van der Waals surface area contributed by atoms with Crippen molar-refractivity contribution in [2.45, 2.75) is 45.7 Å². The lowest BCUT2D eigenvalue weighted by Crippen LogP contribution is -2.35. The van der Waals surface area contributed by atoms with Gasteiger partial charge in [-0.05, 0) is 52.6 Å². The van der Waals surface area contributed by atoms with Gasteiger partial charge in [-0.3, -0.25) is 10.1 Å². The minimum atomic E-state index is -0.349. The Balaban J connectivity index is 1.98. The lowest BCUT2D eigenvalue weighted by atomic mass is 9.79. The van der Waals surface area contributed by atoms with Crippen LogP contribution in [0.5, 0.6) is 0 Å². The summed E-state index contributed by atoms with van der Waals surface area (Å²) < 4.78 is 0.592. The molecule has 110 valence electrons. The van der Waals surface area contributed by atoms with Crippen molar-refractivity contribution in [2.24, 2.45) is 11.8 Å². The first-order valence-corrected chi connectivity index (χ1v) is 7.93. The Morgan fingerprint density at radius 3 is 2.75 bits per heavy atom. The molecule has 1 aromatic rings. The number of benzene rings is 1. The fraction of sp³-hybridized carbons (Fsp3) is 0.600. The van der Waals surface area contributed by atoms with Crippen molar-refractivity contribution in [3.63, 3.8) is 0 Å². The van der Waals surface area contributed by atoms with Gasteiger partial charge in [0.05, 0.1) is 9.40 Å². The van der Waals surface area contributed by atoms with Crippen molar-refractivity contribution < 1.29 is 4.92 Å². The summed E-state index contributed by atoms with van der Waals surface area (Å²) in [6, 6.07) is 5.72. The molecule has 2 rings (SSSR count). The summed E-state index contributed by atoms with van der Waals surface area (Å²) in [5.41, 5.74) is 1.08. The van der Waals surface area contributed by atoms with Crippen molar-refractivity contribution in [1.82, 2.24) is 5.32 Å². The Hall–Kier alpha value is -0.940. The van der Waals surface area contributed by atoms with Crippen LogP contribution in [0.3, 0.4) is 0 Å². The van der Waals surface area contributed by atoms with Gasteiger partial charge < -0.3 is 5.32 Å². The fourth-order valence-electron chi connectivity index (χ4n) is 2.83. The molecule has 0 radical (unpaired) electrons. The molecule has 1 aliphatic carbocycles. The molecule has 4 nitrogen and oxygen atoms in total. The van der Waals surface area contributed by atoms with E-state index in [1.54, 1.807) is 6.07 Å². The Morgan fingerprint density at radius 1 is 1.35 bits per heavy atom. The Bertz CT molecular complexity index is 493. The minimum Gasteiger partial charge on any atom is -0.310 e. The lowest BCUT2D eigenvalue weighted by Gasteiger charge is -2.32. The fourth-order valence-corrected chi connectivity index (χ4v) is 3.38. The van der Waals surface area contributed by atoms with Crippen LogP contribution in [0.15, 0.2) is 22.7 Å². The molecule has 1 saturated carbocycles. The summed E-state index contributed by atoms with van der Waals surface area (Å²) >= 11 is 3.35. The van der Waals surface area contributed by atoms with Gasteiger partial charge in [-0.2, -0.15) is 0 Å². The molecule has 5 heteroatoms. The topological polar surface area (TPSA) is 55.2 Å². The Kier molecular flexibility index (Phi) is 5.16. The van der Waals surface area contributed by atoms with E-state index in [-0.39, 0.29) is 10.6 Å². The van der Waals surface area contributed by atoms with Crippen LogP contribution in [-0.4, -0.2) is 11.0 Å². The van der Waals surface area contributed by atoms with E-state index in [0.29, 0.717) is 17.1 Å². The zero-order valence-electron chi connectivity index (χ0n) is 11.9. The number of nitrogens with one attached hydrogen (secondary N) is 1. The highest BCUT2D eigenvalue weighted by atomic mass is 79.9. The standard InChI is InChI=1S/C15H21BrN2O2/c1-10-6-7-13(8-11(10)2)17-9-12-4-3-5-14(15(12)16)18(19)20/h3-5,10-11,13,17H,6-9H2,1-2H3. The van der Waals surface area contributed by atoms with Crippen LogP contribution in [0.1, 0.15) is 38.7 Å². The first-order chi connectivity index (χ1) is 9.49. The second-order valence-corrected chi connectivity index (χ2v) is 6.65. The minimum absolute atomic E-state index is 0.134. The molecule has 3 atom stereocenters. The summed E-state index contributed by atoms with van der Waals surface area (Å²) in [5.74, 6) is 1.55. The second-order valence-electron chi connectivity index (χ2n) is 5.85. The van der Waals surface area contributed by atoms with Gasteiger partial charge in [0.2, 0.25) is 0 Å². The molecule has 1 N–H and O–H groups in total. The van der Waals surface area contributed by atoms with E-state index < -0.39 is 0 Å². The molecule has 20 heavy (non-hydrogen) atoms. The smallest absolute Gasteiger partial charge is 0.283 e. The van der Waals surface area contributed by atoms with Gasteiger partial charge in [-0.25, -0.2) is 0 Å². The maximum atomic E-state index is 10.9. The zero-order valence-corrected chi connectivity index (χ0v) is 13.5. The van der Waals surface area contributed by atoms with Crippen molar-refractivity contribution in [3.05, 3.63) is 38.3 Å². The molecule has 0 amide bonds. The third kappa shape index (κ3) is 3.58. The van der Waals surface area contributed by atoms with Crippen molar-refractivity contribution in [2.75, 3.05) is 0 Å². The highest BCUT2D eigenvalue weighted by Gasteiger charge is 2.24. The summed E-state index contributed by atoms with van der Waals surface area (Å²) in [6.07, 6.45) is 3.64. The van der Waals surface area contributed by atoms with Gasteiger partial charge in [0.25, 0.3) is 5.69 Å². The quantitative estimate of drug-likeness (QED) is 0.657. The highest BCUT2D eigenvalue weighted by molar-refractivity contribution is 9.10. The van der Waals surface area contributed by atoms with Crippen molar-refractivity contribution in [3.8, 4) is 0 Å². The molecule has 0 spiro atoms. The van der Waals surface area contributed by atoms with Crippen LogP contribution >= 0.6 is 15.9 Å². The third-order valence-electron chi connectivity index (χ3n) is 4.43. The molecule has 0 aromatic heterocycles. The lowest BCUT2D eigenvalue weighted by molar-refractivity contribution is -0.385. The molecule has 0 heterocycles. The number of halogens is 1. The van der Waals surface area contributed by atoms with E-state index >= 15 is 0 Å². The number of hydrogen-bond donors (Lipinski definition) is 1. The van der Waals surface area contributed by atoms with Gasteiger partial charge in [0.1, 0.15) is 0 Å². The highest BCUT2D eigenvalue weighted by Crippen LogP contribution is 2.31. The predicted octanol–water partition coefficient (Wildman–Crippen LogP) is 4.27. The van der Waals surface area contributed by atoms with Gasteiger partial charge in [0, 0.05) is 18.7 Å². The monoisotopic (exact) mass is 340 g/mol. The average Bonchev–Trinajstić information content (AvgIpc) is 2.41. The van der Waals surface area contributed by atoms with Gasteiger partial charge in [0.15, 0.2) is 0 Å². The average molecular weight is 341 g/mol. The number of rotatable bonds is 4. The van der Waals surface area contributed by atoms with Crippen molar-refractivity contribution >= 4 is 21.6 Å². The van der Waals surface area contributed by atoms with E-state index in [4.69, 9.17) is 0 Å². The number of nitro groups is 1. The molecule has 1 aromatic carbocycles. The Labute approximate surface area is 128 Å². The summed E-state index contributed by atoms with van der Waals surface area (Å²) in [6.45, 7) is 5.30. The normalized spacial score (nSPS) is 26.4. The number of nitro benzene ring substituents is 1.